The van der Waals surface area contributed by atoms with Crippen molar-refractivity contribution in [3.63, 3.8) is 0 Å². The Balaban J connectivity index is 0.000000164. The van der Waals surface area contributed by atoms with E-state index in [0.29, 0.717) is 107 Å². The zero-order valence-corrected chi connectivity index (χ0v) is 69.1. The molecule has 13 rings (SSSR count). The number of rotatable bonds is 12. The Labute approximate surface area is 646 Å². The van der Waals surface area contributed by atoms with Crippen LogP contribution >= 0.6 is 11.6 Å². The fourth-order valence-corrected chi connectivity index (χ4v) is 16.7. The second kappa shape index (κ2) is 29.1. The minimum Gasteiger partial charge on any atom is -0.478 e. The lowest BCUT2D eigenvalue weighted by Gasteiger charge is -2.25. The molecule has 6 heterocycles. The molecule has 0 amide bonds. The number of nitrogens with one attached hydrogen (secondary N) is 4. The van der Waals surface area contributed by atoms with Crippen LogP contribution in [-0.4, -0.2) is 79.1 Å². The van der Waals surface area contributed by atoms with Crippen molar-refractivity contribution in [1.29, 1.82) is 0 Å². The van der Waals surface area contributed by atoms with Crippen LogP contribution in [0.25, 0.3) is 65.3 Å². The van der Waals surface area contributed by atoms with Gasteiger partial charge < -0.3 is 36.6 Å². The Kier molecular flexibility index (Phi) is 21.1. The molecule has 0 radical (unpaired) electrons. The monoisotopic (exact) mass is 1500 g/mol. The second-order valence-corrected chi connectivity index (χ2v) is 30.7. The normalized spacial score (nSPS) is 12.2. The summed E-state index contributed by atoms with van der Waals surface area (Å²) in [6, 6.07) is 0.324. The van der Waals surface area contributed by atoms with E-state index in [9.17, 15) is 38.5 Å². The van der Waals surface area contributed by atoms with Gasteiger partial charge in [0.1, 0.15) is 22.7 Å². The maximum absolute atomic E-state index is 14.8. The molecule has 0 unspecified atom stereocenters. The number of carboxylic acids is 3. The molecule has 1 aliphatic carbocycles. The summed E-state index contributed by atoms with van der Waals surface area (Å²) in [7, 11) is 0. The van der Waals surface area contributed by atoms with E-state index in [2.05, 4.69) is 66.8 Å². The Bertz CT molecular complexity index is 6160. The molecule has 0 bridgehead atoms. The molecule has 6 aromatic carbocycles. The van der Waals surface area contributed by atoms with E-state index in [0.717, 1.165) is 191 Å². The molecular weight excluding hydrogens is 1410 g/mol. The lowest BCUT2D eigenvalue weighted by atomic mass is 9.89. The van der Waals surface area contributed by atoms with Gasteiger partial charge in [0, 0.05) is 101 Å². The average Bonchev–Trinajstić information content (AvgIpc) is 0.821. The topological polar surface area (TPSA) is 263 Å². The van der Waals surface area contributed by atoms with Gasteiger partial charge in [-0.3, -0.25) is 4.98 Å². The molecule has 570 valence electrons. The number of carboxylic acid groups (broad SMARTS) is 3. The molecule has 110 heavy (non-hydrogen) atoms. The van der Waals surface area contributed by atoms with Gasteiger partial charge in [-0.05, 0) is 322 Å². The zero-order chi connectivity index (χ0) is 81.4. The number of hydrogen-bond donors (Lipinski definition) is 7. The number of hydrogen-bond acceptors (Lipinski definition) is 15. The third-order valence-corrected chi connectivity index (χ3v) is 24.3. The number of carbonyl (C=O) groups is 3. The van der Waals surface area contributed by atoms with E-state index in [1.807, 2.05) is 125 Å². The lowest BCUT2D eigenvalue weighted by Crippen LogP contribution is -2.16. The number of pyridine rings is 4. The largest absolute Gasteiger partial charge is 0.478 e. The van der Waals surface area contributed by atoms with Gasteiger partial charge in [-0.2, -0.15) is 0 Å². The first-order valence-electron chi connectivity index (χ1n) is 36.8. The van der Waals surface area contributed by atoms with Crippen LogP contribution in [0.3, 0.4) is 0 Å². The first-order valence-corrected chi connectivity index (χ1v) is 37.2. The maximum atomic E-state index is 14.8. The van der Waals surface area contributed by atoms with Gasteiger partial charge in [0.25, 0.3) is 5.92 Å². The van der Waals surface area contributed by atoms with Crippen LogP contribution in [0.4, 0.5) is 49.2 Å². The van der Waals surface area contributed by atoms with Crippen molar-refractivity contribution >= 4 is 135 Å². The van der Waals surface area contributed by atoms with Crippen LogP contribution < -0.4 is 21.3 Å². The van der Waals surface area contributed by atoms with E-state index in [1.54, 1.807) is 27.7 Å². The molecule has 0 spiro atoms. The average molecular weight is 1500 g/mol. The van der Waals surface area contributed by atoms with Crippen LogP contribution in [0.1, 0.15) is 213 Å². The zero-order valence-electron chi connectivity index (χ0n) is 68.3. The summed E-state index contributed by atoms with van der Waals surface area (Å²) in [6.45, 7) is 53.0. The highest BCUT2D eigenvalue weighted by Crippen LogP contribution is 2.47. The van der Waals surface area contributed by atoms with Crippen molar-refractivity contribution in [2.75, 3.05) is 21.3 Å². The van der Waals surface area contributed by atoms with Crippen molar-refractivity contribution < 1.29 is 38.5 Å². The van der Waals surface area contributed by atoms with Crippen LogP contribution in [-0.2, 0) is 5.92 Å². The van der Waals surface area contributed by atoms with Crippen molar-refractivity contribution in [1.82, 2.24) is 39.9 Å². The van der Waals surface area contributed by atoms with Crippen LogP contribution in [0.5, 0.6) is 0 Å². The van der Waals surface area contributed by atoms with Crippen LogP contribution in [0.2, 0.25) is 5.02 Å². The molecular formula is C89H97ClF2N12O6. The first-order chi connectivity index (χ1) is 51.3. The van der Waals surface area contributed by atoms with Gasteiger partial charge in [0.05, 0.1) is 38.9 Å². The smallest absolute Gasteiger partial charge is 0.336 e. The fraction of sp³-hybridized carbons (Fsp3) is 0.360. The van der Waals surface area contributed by atoms with Crippen LogP contribution in [0.15, 0.2) is 0 Å². The Hall–Kier alpha value is -11.0. The third-order valence-electron chi connectivity index (χ3n) is 23.8. The fourth-order valence-electron chi connectivity index (χ4n) is 16.5. The molecule has 18 nitrogen and oxygen atoms in total. The van der Waals surface area contributed by atoms with E-state index < -0.39 is 23.8 Å². The molecule has 0 aliphatic heterocycles. The van der Waals surface area contributed by atoms with Crippen molar-refractivity contribution in [2.45, 2.75) is 219 Å². The number of halogens is 3. The minimum atomic E-state index is -3.04. The lowest BCUT2D eigenvalue weighted by molar-refractivity contribution is 0.0161. The highest BCUT2D eigenvalue weighted by molar-refractivity contribution is 6.33. The molecule has 1 saturated carbocycles. The number of benzene rings is 6. The quantitative estimate of drug-likeness (QED) is 0.0443. The predicted octanol–water partition coefficient (Wildman–Crippen LogP) is 22.1. The maximum Gasteiger partial charge on any atom is 0.336 e. The molecule has 1 fully saturated rings. The number of alkyl halides is 2. The number of aryl methyl sites for hydroxylation is 12. The van der Waals surface area contributed by atoms with Gasteiger partial charge in [-0.1, -0.05) is 17.5 Å². The summed E-state index contributed by atoms with van der Waals surface area (Å²) in [5.41, 5.74) is 29.2. The molecule has 7 N–H and O–H groups in total. The van der Waals surface area contributed by atoms with Gasteiger partial charge >= 0.3 is 17.9 Å². The second-order valence-electron chi connectivity index (χ2n) is 30.3. The van der Waals surface area contributed by atoms with Gasteiger partial charge in [0.15, 0.2) is 11.6 Å². The van der Waals surface area contributed by atoms with Gasteiger partial charge in [-0.25, -0.2) is 58.1 Å². The number of aromatic nitrogens is 8. The van der Waals surface area contributed by atoms with Crippen molar-refractivity contribution in [3.8, 4) is 12.3 Å². The van der Waals surface area contributed by atoms with Crippen LogP contribution in [0, 0.1) is 199 Å². The standard InChI is InChI=1S/C31H35F2N5O2.C29H32ClN3O2.C29H30N4O2/c1-12-15(4)24(31(9,32)33)18(7)25(16(12)5)36-28-27-23(19(8)34-30(38-27)35-20-10-11-20)22-14(3)13(2)21(29(39)40)17(6)26(22)37-28;1-11-14(4)25(30)18(8)26(15(11)5)32-28-23-16(6)19(9)31-20(10)24(23)22-13(3)12(2)21(29(34)35)17(7)27(22)33-28;1-11-21-13(3)12(2)16(6)25(17(21)7)32-28-27-24(19(9)30-20(10)31-27)23-15(5)14(4)22(29(34)35)18(8)26(23)33-28/h20H,10-11H2,1-9H3,(H,36,37)(H,39,40)(H,34,35,38);1-10H3,(H,32,33)(H,34,35);1H,2-10H3,(H,32,33)(H,34,35). The summed E-state index contributed by atoms with van der Waals surface area (Å²) in [5, 5.41) is 50.9. The molecule has 0 atom stereocenters. The first kappa shape index (κ1) is 80.0. The summed E-state index contributed by atoms with van der Waals surface area (Å²) < 4.78 is 29.7. The molecule has 6 aromatic heterocycles. The Morgan fingerprint density at radius 3 is 1.19 bits per heavy atom. The summed E-state index contributed by atoms with van der Waals surface area (Å²) in [4.78, 5) is 75.5. The number of fused-ring (bicyclic) bond motifs is 9. The van der Waals surface area contributed by atoms with Crippen molar-refractivity contribution in [3.05, 3.63) is 184 Å². The number of nitrogens with zero attached hydrogens (tertiary/aromatic N) is 8. The number of anilines is 7. The summed E-state index contributed by atoms with van der Waals surface area (Å²) in [5.74, 6) is -0.386. The summed E-state index contributed by atoms with van der Waals surface area (Å²) in [6.07, 6.45) is 7.96. The van der Waals surface area contributed by atoms with Gasteiger partial charge in [-0.15, -0.1) is 6.42 Å². The number of aromatic carboxylic acids is 3. The van der Waals surface area contributed by atoms with E-state index in [-0.39, 0.29) is 16.7 Å². The minimum absolute atomic E-state index is 0.0131. The molecule has 21 heteroatoms. The van der Waals surface area contributed by atoms with Gasteiger partial charge in [0.2, 0.25) is 5.95 Å². The number of terminal acetylenes is 1. The highest BCUT2D eigenvalue weighted by Gasteiger charge is 2.34. The Morgan fingerprint density at radius 1 is 0.373 bits per heavy atom. The highest BCUT2D eigenvalue weighted by atomic mass is 35.5. The Morgan fingerprint density at radius 2 is 0.755 bits per heavy atom. The summed E-state index contributed by atoms with van der Waals surface area (Å²) >= 11 is 6.70. The molecule has 12 aromatic rings. The van der Waals surface area contributed by atoms with Crippen molar-refractivity contribution in [2.24, 2.45) is 0 Å². The van der Waals surface area contributed by atoms with E-state index in [4.69, 9.17) is 52.9 Å². The third kappa shape index (κ3) is 13.2. The molecule has 1 aliphatic rings. The van der Waals surface area contributed by atoms with E-state index in [1.165, 1.54) is 0 Å². The van der Waals surface area contributed by atoms with E-state index >= 15 is 0 Å². The predicted molar refractivity (Wildman–Crippen MR) is 444 cm³/mol. The molecule has 0 saturated heterocycles. The SMILES string of the molecule is C#Cc1c(C)c(C)c(C)c(Nc2nc3c(C)c(C(=O)O)c(C)c(C)c3c3c(C)nc(C)nc23)c1C.Cc1c(C)c(Nc2nc3c(C)c(C(=O)O)c(C)c(C)c3c3c(C)nc(NC4CC4)nc23)c(C)c(C(C)(F)F)c1C.Cc1nc(C)c2c(c(Nc3c(C)c(C)c(C)c(Cl)c3C)nc3c(C)c(C(=O)O)c(C)c(C)c32)c1C.